The van der Waals surface area contributed by atoms with E-state index in [1.807, 2.05) is 0 Å². The van der Waals surface area contributed by atoms with Crippen LogP contribution in [0.2, 0.25) is 0 Å². The molecule has 0 spiro atoms. The topological polar surface area (TPSA) is 75.6 Å². The van der Waals surface area contributed by atoms with Crippen molar-refractivity contribution < 1.29 is 23.8 Å². The molecule has 0 saturated heterocycles. The minimum Gasteiger partial charge on any atom is -0.480 e. The zero-order valence-corrected chi connectivity index (χ0v) is 12.6. The summed E-state index contributed by atoms with van der Waals surface area (Å²) in [7, 11) is 0. The minimum absolute atomic E-state index is 0.0562. The van der Waals surface area contributed by atoms with Crippen molar-refractivity contribution in [3.8, 4) is 0 Å². The Morgan fingerprint density at radius 3 is 2.48 bits per heavy atom. The van der Waals surface area contributed by atoms with Crippen LogP contribution in [-0.2, 0) is 16.0 Å². The number of aliphatic carboxylic acids is 1. The monoisotopic (exact) mass is 297 g/mol. The molecule has 5 nitrogen and oxygen atoms in total. The number of amides is 1. The lowest BCUT2D eigenvalue weighted by Gasteiger charge is -2.22. The summed E-state index contributed by atoms with van der Waals surface area (Å²) in [5.41, 5.74) is 0.575. The molecule has 1 amide bonds. The summed E-state index contributed by atoms with van der Waals surface area (Å²) in [6.07, 6.45) is -0.740. The standard InChI is InChI=1S/C15H20FNO4/c1-9-7-11(16)6-5-10(9)8-12(13(18)19)17-14(20)21-15(2,3)4/h5-7,12H,8H2,1-4H3,(H,17,20)(H,18,19)/t12-/m1/s1. The fourth-order valence-corrected chi connectivity index (χ4v) is 1.76. The molecule has 1 aromatic rings. The number of nitrogens with one attached hydrogen (secondary N) is 1. The molecule has 1 aromatic carbocycles. The Bertz CT molecular complexity index is 537. The molecule has 0 aromatic heterocycles. The average molecular weight is 297 g/mol. The lowest BCUT2D eigenvalue weighted by molar-refractivity contribution is -0.139. The molecule has 0 aliphatic carbocycles. The molecule has 0 saturated carbocycles. The Labute approximate surface area is 123 Å². The van der Waals surface area contributed by atoms with Crippen molar-refractivity contribution in [2.45, 2.75) is 45.8 Å². The fraction of sp³-hybridized carbons (Fsp3) is 0.467. The van der Waals surface area contributed by atoms with Crippen LogP contribution in [0.5, 0.6) is 0 Å². The van der Waals surface area contributed by atoms with Gasteiger partial charge in [0.2, 0.25) is 0 Å². The molecular weight excluding hydrogens is 277 g/mol. The van der Waals surface area contributed by atoms with E-state index in [0.29, 0.717) is 11.1 Å². The van der Waals surface area contributed by atoms with E-state index in [0.717, 1.165) is 0 Å². The van der Waals surface area contributed by atoms with Gasteiger partial charge in [-0.25, -0.2) is 14.0 Å². The minimum atomic E-state index is -1.18. The number of aryl methyl sites for hydroxylation is 1. The second-order valence-corrected chi connectivity index (χ2v) is 5.81. The quantitative estimate of drug-likeness (QED) is 0.896. The van der Waals surface area contributed by atoms with Crippen molar-refractivity contribution in [1.82, 2.24) is 5.32 Å². The van der Waals surface area contributed by atoms with Gasteiger partial charge in [0, 0.05) is 6.42 Å². The fourth-order valence-electron chi connectivity index (χ4n) is 1.76. The Kier molecular flexibility index (Phi) is 5.29. The second-order valence-electron chi connectivity index (χ2n) is 5.81. The van der Waals surface area contributed by atoms with Gasteiger partial charge in [-0.1, -0.05) is 6.07 Å². The number of carboxylic acids is 1. The van der Waals surface area contributed by atoms with Crippen LogP contribution < -0.4 is 5.32 Å². The molecule has 0 aliphatic heterocycles. The Morgan fingerprint density at radius 2 is 2.00 bits per heavy atom. The largest absolute Gasteiger partial charge is 0.480 e. The Morgan fingerprint density at radius 1 is 1.38 bits per heavy atom. The van der Waals surface area contributed by atoms with E-state index in [1.54, 1.807) is 27.7 Å². The highest BCUT2D eigenvalue weighted by molar-refractivity contribution is 5.80. The zero-order chi connectivity index (χ0) is 16.2. The average Bonchev–Trinajstić information content (AvgIpc) is 2.28. The van der Waals surface area contributed by atoms with Gasteiger partial charge in [0.25, 0.3) is 0 Å². The van der Waals surface area contributed by atoms with Crippen LogP contribution in [0.25, 0.3) is 0 Å². The van der Waals surface area contributed by atoms with Crippen molar-refractivity contribution in [1.29, 1.82) is 0 Å². The van der Waals surface area contributed by atoms with E-state index in [2.05, 4.69) is 5.32 Å². The highest BCUT2D eigenvalue weighted by Crippen LogP contribution is 2.13. The molecule has 0 fully saturated rings. The predicted molar refractivity (Wildman–Crippen MR) is 75.6 cm³/mol. The number of hydrogen-bond acceptors (Lipinski definition) is 3. The molecule has 1 atom stereocenters. The van der Waals surface area contributed by atoms with Crippen LogP contribution in [0.4, 0.5) is 9.18 Å². The summed E-state index contributed by atoms with van der Waals surface area (Å²) in [5.74, 6) is -1.56. The van der Waals surface area contributed by atoms with Crippen LogP contribution in [0.3, 0.4) is 0 Å². The van der Waals surface area contributed by atoms with Gasteiger partial charge in [-0.3, -0.25) is 0 Å². The maximum Gasteiger partial charge on any atom is 0.408 e. The van der Waals surface area contributed by atoms with Gasteiger partial charge < -0.3 is 15.2 Å². The molecule has 0 unspecified atom stereocenters. The third-order valence-electron chi connectivity index (χ3n) is 2.72. The highest BCUT2D eigenvalue weighted by atomic mass is 19.1. The number of halogens is 1. The van der Waals surface area contributed by atoms with Crippen LogP contribution >= 0.6 is 0 Å². The first-order valence-electron chi connectivity index (χ1n) is 6.56. The van der Waals surface area contributed by atoms with Gasteiger partial charge in [-0.2, -0.15) is 0 Å². The molecule has 0 heterocycles. The van der Waals surface area contributed by atoms with E-state index >= 15 is 0 Å². The molecule has 0 bridgehead atoms. The molecule has 0 radical (unpaired) electrons. The van der Waals surface area contributed by atoms with Gasteiger partial charge in [-0.15, -0.1) is 0 Å². The van der Waals surface area contributed by atoms with E-state index in [4.69, 9.17) is 4.74 Å². The summed E-state index contributed by atoms with van der Waals surface area (Å²) in [5, 5.41) is 11.5. The molecule has 6 heteroatoms. The van der Waals surface area contributed by atoms with Gasteiger partial charge >= 0.3 is 12.1 Å². The molecule has 1 rings (SSSR count). The van der Waals surface area contributed by atoms with Crippen molar-refractivity contribution >= 4 is 12.1 Å². The molecular formula is C15H20FNO4. The molecule has 21 heavy (non-hydrogen) atoms. The molecule has 116 valence electrons. The van der Waals surface area contributed by atoms with Crippen molar-refractivity contribution in [3.63, 3.8) is 0 Å². The van der Waals surface area contributed by atoms with E-state index in [9.17, 15) is 19.1 Å². The number of ether oxygens (including phenoxy) is 1. The number of benzene rings is 1. The maximum atomic E-state index is 13.0. The summed E-state index contributed by atoms with van der Waals surface area (Å²) < 4.78 is 18.1. The molecule has 2 N–H and O–H groups in total. The van der Waals surface area contributed by atoms with Gasteiger partial charge in [0.15, 0.2) is 0 Å². The number of carboxylic acid groups (broad SMARTS) is 1. The predicted octanol–water partition coefficient (Wildman–Crippen LogP) is 2.65. The maximum absolute atomic E-state index is 13.0. The SMILES string of the molecule is Cc1cc(F)ccc1C[C@@H](NC(=O)OC(C)(C)C)C(=O)O. The van der Waals surface area contributed by atoms with Crippen molar-refractivity contribution in [3.05, 3.63) is 35.1 Å². The summed E-state index contributed by atoms with van der Waals surface area (Å²) in [4.78, 5) is 22.9. The Hall–Kier alpha value is -2.11. The first-order chi connectivity index (χ1) is 9.58. The van der Waals surface area contributed by atoms with Crippen molar-refractivity contribution in [2.75, 3.05) is 0 Å². The van der Waals surface area contributed by atoms with E-state index in [1.165, 1.54) is 18.2 Å². The van der Waals surface area contributed by atoms with Crippen LogP contribution in [0.1, 0.15) is 31.9 Å². The van der Waals surface area contributed by atoms with Crippen LogP contribution in [-0.4, -0.2) is 28.8 Å². The number of rotatable bonds is 4. The summed E-state index contributed by atoms with van der Waals surface area (Å²) >= 11 is 0. The number of hydrogen-bond donors (Lipinski definition) is 2. The number of carbonyl (C=O) groups excluding carboxylic acids is 1. The summed E-state index contributed by atoms with van der Waals surface area (Å²) in [6, 6.07) is 2.96. The van der Waals surface area contributed by atoms with Crippen LogP contribution in [0, 0.1) is 12.7 Å². The van der Waals surface area contributed by atoms with E-state index < -0.39 is 23.7 Å². The second kappa shape index (κ2) is 6.56. The first kappa shape index (κ1) is 16.9. The lowest BCUT2D eigenvalue weighted by atomic mass is 10.0. The highest BCUT2D eigenvalue weighted by Gasteiger charge is 2.24. The number of carbonyl (C=O) groups is 2. The zero-order valence-electron chi connectivity index (χ0n) is 12.6. The van der Waals surface area contributed by atoms with E-state index in [-0.39, 0.29) is 12.2 Å². The third kappa shape index (κ3) is 5.81. The number of alkyl carbamates (subject to hydrolysis) is 1. The smallest absolute Gasteiger partial charge is 0.408 e. The summed E-state index contributed by atoms with van der Waals surface area (Å²) in [6.45, 7) is 6.75. The Balaban J connectivity index is 2.79. The first-order valence-corrected chi connectivity index (χ1v) is 6.56. The lowest BCUT2D eigenvalue weighted by Crippen LogP contribution is -2.44. The molecule has 0 aliphatic rings. The van der Waals surface area contributed by atoms with Gasteiger partial charge in [0.05, 0.1) is 0 Å². The van der Waals surface area contributed by atoms with Gasteiger partial charge in [0.1, 0.15) is 17.5 Å². The normalized spacial score (nSPS) is 12.6. The van der Waals surface area contributed by atoms with Crippen molar-refractivity contribution in [2.24, 2.45) is 0 Å². The van der Waals surface area contributed by atoms with Crippen LogP contribution in [0.15, 0.2) is 18.2 Å². The third-order valence-corrected chi connectivity index (χ3v) is 2.72. The van der Waals surface area contributed by atoms with Gasteiger partial charge in [-0.05, 0) is 51.0 Å².